The highest BCUT2D eigenvalue weighted by Crippen LogP contribution is 2.17. The lowest BCUT2D eigenvalue weighted by molar-refractivity contribution is -0.132. The van der Waals surface area contributed by atoms with Gasteiger partial charge < -0.3 is 14.4 Å². The van der Waals surface area contributed by atoms with Crippen LogP contribution in [0.4, 0.5) is 0 Å². The number of rotatable bonds is 4. The molecule has 0 aliphatic carbocycles. The molecule has 2 aromatic rings. The Morgan fingerprint density at radius 2 is 1.63 bits per heavy atom. The van der Waals surface area contributed by atoms with E-state index in [1.807, 2.05) is 47.4 Å². The van der Waals surface area contributed by atoms with Gasteiger partial charge in [-0.3, -0.25) is 9.59 Å². The topological polar surface area (TPSA) is 45.6 Å². The van der Waals surface area contributed by atoms with Gasteiger partial charge in [0.2, 0.25) is 5.91 Å². The van der Waals surface area contributed by atoms with Crippen LogP contribution in [-0.4, -0.2) is 52.4 Å². The first-order valence-corrected chi connectivity index (χ1v) is 9.62. The SMILES string of the molecule is Cc1cccc(CCC(=O)N2CCN(C(=O)c3cc(C)n(C)c3C)CC2)c1. The Kier molecular flexibility index (Phi) is 5.68. The lowest BCUT2D eigenvalue weighted by Crippen LogP contribution is -2.50. The van der Waals surface area contributed by atoms with Gasteiger partial charge in [-0.25, -0.2) is 0 Å². The molecular weight excluding hydrogens is 338 g/mol. The van der Waals surface area contributed by atoms with Crippen LogP contribution in [0.5, 0.6) is 0 Å². The van der Waals surface area contributed by atoms with Crippen LogP contribution in [0.15, 0.2) is 30.3 Å². The maximum Gasteiger partial charge on any atom is 0.255 e. The molecule has 27 heavy (non-hydrogen) atoms. The van der Waals surface area contributed by atoms with Crippen LogP contribution < -0.4 is 0 Å². The van der Waals surface area contributed by atoms with E-state index >= 15 is 0 Å². The molecule has 0 unspecified atom stereocenters. The Morgan fingerprint density at radius 1 is 0.963 bits per heavy atom. The number of aryl methyl sites for hydroxylation is 3. The normalized spacial score (nSPS) is 14.5. The van der Waals surface area contributed by atoms with Crippen LogP contribution in [-0.2, 0) is 18.3 Å². The molecule has 1 aliphatic heterocycles. The molecule has 0 atom stereocenters. The van der Waals surface area contributed by atoms with Crippen LogP contribution in [0.25, 0.3) is 0 Å². The van der Waals surface area contributed by atoms with E-state index in [1.165, 1.54) is 11.1 Å². The van der Waals surface area contributed by atoms with E-state index in [4.69, 9.17) is 0 Å². The van der Waals surface area contributed by atoms with Crippen molar-refractivity contribution in [2.24, 2.45) is 7.05 Å². The predicted octanol–water partition coefficient (Wildman–Crippen LogP) is 2.87. The molecule has 0 radical (unpaired) electrons. The number of carbonyl (C=O) groups excluding carboxylic acids is 2. The third-order valence-corrected chi connectivity index (χ3v) is 5.64. The van der Waals surface area contributed by atoms with Crippen molar-refractivity contribution < 1.29 is 9.59 Å². The number of hydrogen-bond donors (Lipinski definition) is 0. The van der Waals surface area contributed by atoms with Gasteiger partial charge in [0.05, 0.1) is 5.56 Å². The van der Waals surface area contributed by atoms with E-state index in [0.717, 1.165) is 23.4 Å². The van der Waals surface area contributed by atoms with Crippen molar-refractivity contribution in [3.63, 3.8) is 0 Å². The van der Waals surface area contributed by atoms with Gasteiger partial charge in [-0.05, 0) is 38.8 Å². The van der Waals surface area contributed by atoms with Gasteiger partial charge in [-0.2, -0.15) is 0 Å². The summed E-state index contributed by atoms with van der Waals surface area (Å²) in [6.07, 6.45) is 1.29. The van der Waals surface area contributed by atoms with Gasteiger partial charge >= 0.3 is 0 Å². The van der Waals surface area contributed by atoms with Gasteiger partial charge in [0.25, 0.3) is 5.91 Å². The van der Waals surface area contributed by atoms with Gasteiger partial charge in [-0.15, -0.1) is 0 Å². The zero-order valence-electron chi connectivity index (χ0n) is 16.8. The van der Waals surface area contributed by atoms with Gasteiger partial charge in [-0.1, -0.05) is 29.8 Å². The lowest BCUT2D eigenvalue weighted by atomic mass is 10.1. The lowest BCUT2D eigenvalue weighted by Gasteiger charge is -2.35. The van der Waals surface area contributed by atoms with Gasteiger partial charge in [0.1, 0.15) is 0 Å². The number of benzene rings is 1. The first-order chi connectivity index (χ1) is 12.9. The molecule has 1 aromatic carbocycles. The number of hydrogen-bond acceptors (Lipinski definition) is 2. The molecule has 5 nitrogen and oxygen atoms in total. The van der Waals surface area contributed by atoms with E-state index in [1.54, 1.807) is 0 Å². The maximum atomic E-state index is 12.8. The second-order valence-corrected chi connectivity index (χ2v) is 7.51. The highest BCUT2D eigenvalue weighted by atomic mass is 16.2. The van der Waals surface area contributed by atoms with Crippen molar-refractivity contribution in [1.29, 1.82) is 0 Å². The van der Waals surface area contributed by atoms with Crippen LogP contribution >= 0.6 is 0 Å². The molecule has 2 heterocycles. The summed E-state index contributed by atoms with van der Waals surface area (Å²) < 4.78 is 2.04. The maximum absolute atomic E-state index is 12.8. The average Bonchev–Trinajstić information content (AvgIpc) is 2.93. The standard InChI is InChI=1S/C22H29N3O2/c1-16-6-5-7-19(14-16)8-9-21(26)24-10-12-25(13-11-24)22(27)20-15-17(2)23(4)18(20)3/h5-7,14-15H,8-13H2,1-4H3. The smallest absolute Gasteiger partial charge is 0.255 e. The molecule has 5 heteroatoms. The zero-order valence-corrected chi connectivity index (χ0v) is 16.8. The van der Waals surface area contributed by atoms with Crippen LogP contribution in [0.1, 0.15) is 39.3 Å². The summed E-state index contributed by atoms with van der Waals surface area (Å²) in [5.41, 5.74) is 5.27. The van der Waals surface area contributed by atoms with Crippen LogP contribution in [0.2, 0.25) is 0 Å². The van der Waals surface area contributed by atoms with Crippen molar-refractivity contribution in [2.45, 2.75) is 33.6 Å². The molecule has 0 spiro atoms. The Hall–Kier alpha value is -2.56. The molecule has 1 fully saturated rings. The van der Waals surface area contributed by atoms with Crippen molar-refractivity contribution in [3.05, 3.63) is 58.4 Å². The minimum atomic E-state index is 0.0723. The number of aromatic nitrogens is 1. The molecule has 3 rings (SSSR count). The first-order valence-electron chi connectivity index (χ1n) is 9.62. The fourth-order valence-electron chi connectivity index (χ4n) is 3.68. The largest absolute Gasteiger partial charge is 0.351 e. The first kappa shape index (κ1) is 19.2. The molecule has 0 N–H and O–H groups in total. The molecule has 144 valence electrons. The minimum Gasteiger partial charge on any atom is -0.351 e. The molecule has 2 amide bonds. The summed E-state index contributed by atoms with van der Waals surface area (Å²) in [5, 5.41) is 0. The average molecular weight is 367 g/mol. The van der Waals surface area contributed by atoms with E-state index in [2.05, 4.69) is 25.1 Å². The second kappa shape index (κ2) is 7.99. The van der Waals surface area contributed by atoms with E-state index in [0.29, 0.717) is 32.6 Å². The summed E-state index contributed by atoms with van der Waals surface area (Å²) in [7, 11) is 1.98. The second-order valence-electron chi connectivity index (χ2n) is 7.51. The highest BCUT2D eigenvalue weighted by molar-refractivity contribution is 5.96. The zero-order chi connectivity index (χ0) is 19.6. The van der Waals surface area contributed by atoms with Crippen molar-refractivity contribution >= 4 is 11.8 Å². The minimum absolute atomic E-state index is 0.0723. The highest BCUT2D eigenvalue weighted by Gasteiger charge is 2.26. The predicted molar refractivity (Wildman–Crippen MR) is 107 cm³/mol. The number of nitrogens with zero attached hydrogens (tertiary/aromatic N) is 3. The number of piperazine rings is 1. The fraction of sp³-hybridized carbons (Fsp3) is 0.455. The number of carbonyl (C=O) groups is 2. The Bertz CT molecular complexity index is 845. The Morgan fingerprint density at radius 3 is 2.22 bits per heavy atom. The monoisotopic (exact) mass is 367 g/mol. The summed E-state index contributed by atoms with van der Waals surface area (Å²) >= 11 is 0. The Labute approximate surface area is 161 Å². The fourth-order valence-corrected chi connectivity index (χ4v) is 3.68. The summed E-state index contributed by atoms with van der Waals surface area (Å²) in [4.78, 5) is 29.1. The van der Waals surface area contributed by atoms with Gasteiger partial charge in [0, 0.05) is 51.0 Å². The molecular formula is C22H29N3O2. The van der Waals surface area contributed by atoms with Crippen molar-refractivity contribution in [3.8, 4) is 0 Å². The molecule has 1 aliphatic rings. The summed E-state index contributed by atoms with van der Waals surface area (Å²) in [6, 6.07) is 10.3. The molecule has 1 saturated heterocycles. The summed E-state index contributed by atoms with van der Waals surface area (Å²) in [5.74, 6) is 0.249. The molecule has 0 bridgehead atoms. The van der Waals surface area contributed by atoms with Crippen LogP contribution in [0, 0.1) is 20.8 Å². The van der Waals surface area contributed by atoms with E-state index in [-0.39, 0.29) is 11.8 Å². The Balaban J connectivity index is 1.52. The van der Waals surface area contributed by atoms with E-state index < -0.39 is 0 Å². The van der Waals surface area contributed by atoms with E-state index in [9.17, 15) is 9.59 Å². The van der Waals surface area contributed by atoms with Crippen molar-refractivity contribution in [1.82, 2.24) is 14.4 Å². The molecule has 0 saturated carbocycles. The third-order valence-electron chi connectivity index (χ3n) is 5.64. The van der Waals surface area contributed by atoms with Gasteiger partial charge in [0.15, 0.2) is 0 Å². The molecule has 1 aromatic heterocycles. The quantitative estimate of drug-likeness (QED) is 0.834. The number of amides is 2. The van der Waals surface area contributed by atoms with Crippen LogP contribution in [0.3, 0.4) is 0 Å². The third kappa shape index (κ3) is 4.24. The van der Waals surface area contributed by atoms with Crippen molar-refractivity contribution in [2.75, 3.05) is 26.2 Å². The summed E-state index contributed by atoms with van der Waals surface area (Å²) in [6.45, 7) is 8.48.